The van der Waals surface area contributed by atoms with E-state index in [2.05, 4.69) is 20.4 Å². The van der Waals surface area contributed by atoms with Crippen LogP contribution in [0.5, 0.6) is 0 Å². The highest BCUT2D eigenvalue weighted by Gasteiger charge is 1.94. The third-order valence-corrected chi connectivity index (χ3v) is 2.61. The van der Waals surface area contributed by atoms with Gasteiger partial charge in [-0.2, -0.15) is 0 Å². The first-order valence-corrected chi connectivity index (χ1v) is 5.85. The van der Waals surface area contributed by atoms with Crippen molar-refractivity contribution in [2.75, 3.05) is 19.8 Å². The highest BCUT2D eigenvalue weighted by molar-refractivity contribution is 6.37. The Hall–Kier alpha value is -0.123. The molecule has 0 aliphatic rings. The summed E-state index contributed by atoms with van der Waals surface area (Å²) in [5.41, 5.74) is 0. The van der Waals surface area contributed by atoms with Gasteiger partial charge in [-0.25, -0.2) is 0 Å². The summed E-state index contributed by atoms with van der Waals surface area (Å²) in [6.45, 7) is 10.4. The van der Waals surface area contributed by atoms with Crippen LogP contribution < -0.4 is 0 Å². The van der Waals surface area contributed by atoms with E-state index in [0.717, 1.165) is 19.4 Å². The maximum Gasteiger partial charge on any atom is 0.263 e. The number of hydrogen-bond acceptors (Lipinski definition) is 2. The summed E-state index contributed by atoms with van der Waals surface area (Å²) in [6.07, 6.45) is 3.34. The van der Waals surface area contributed by atoms with Crippen molar-refractivity contribution < 1.29 is 9.16 Å². The molecule has 0 unspecified atom stereocenters. The molecule has 76 valence electrons. The molecule has 0 heterocycles. The van der Waals surface area contributed by atoms with Crippen molar-refractivity contribution in [3.8, 4) is 0 Å². The molecule has 0 aliphatic carbocycles. The predicted octanol–water partition coefficient (Wildman–Crippen LogP) is 2.36. The third kappa shape index (κ3) is 9.79. The lowest BCUT2D eigenvalue weighted by molar-refractivity contribution is 0.0999. The van der Waals surface area contributed by atoms with Crippen LogP contribution in [-0.4, -0.2) is 29.6 Å². The molecule has 0 amide bonds. The minimum Gasteiger partial charge on any atom is -0.409 e. The first kappa shape index (κ1) is 12.9. The van der Waals surface area contributed by atoms with Crippen LogP contribution >= 0.6 is 0 Å². The van der Waals surface area contributed by atoms with E-state index in [9.17, 15) is 0 Å². The normalized spacial score (nSPS) is 10.3. The highest BCUT2D eigenvalue weighted by Crippen LogP contribution is 1.93. The van der Waals surface area contributed by atoms with Crippen molar-refractivity contribution in [2.24, 2.45) is 0 Å². The van der Waals surface area contributed by atoms with E-state index < -0.39 is 0 Å². The first-order chi connectivity index (χ1) is 6.31. The second-order valence-electron chi connectivity index (χ2n) is 2.87. The summed E-state index contributed by atoms with van der Waals surface area (Å²) in [6, 6.07) is 0. The molecule has 0 N–H and O–H groups in total. The van der Waals surface area contributed by atoms with E-state index in [0.29, 0.717) is 23.0 Å². The molecule has 13 heavy (non-hydrogen) atoms. The molecule has 2 nitrogen and oxygen atoms in total. The Labute approximate surface area is 84.3 Å². The van der Waals surface area contributed by atoms with Crippen LogP contribution in [-0.2, 0) is 9.16 Å². The van der Waals surface area contributed by atoms with E-state index in [1.54, 1.807) is 0 Å². The Bertz CT molecular complexity index is 126. The summed E-state index contributed by atoms with van der Waals surface area (Å²) in [7, 11) is 0.444. The third-order valence-electron chi connectivity index (χ3n) is 1.62. The van der Waals surface area contributed by atoms with Crippen LogP contribution in [0.25, 0.3) is 0 Å². The molecule has 0 atom stereocenters. The Morgan fingerprint density at radius 1 is 1.23 bits per heavy atom. The molecule has 0 rings (SSSR count). The zero-order valence-corrected chi connectivity index (χ0v) is 9.77. The van der Waals surface area contributed by atoms with E-state index in [-0.39, 0.29) is 0 Å². The number of ether oxygens (including phenoxy) is 1. The van der Waals surface area contributed by atoms with Crippen molar-refractivity contribution in [3.05, 3.63) is 11.8 Å². The van der Waals surface area contributed by atoms with Gasteiger partial charge in [-0.3, -0.25) is 0 Å². The van der Waals surface area contributed by atoms with E-state index in [1.165, 1.54) is 11.6 Å². The number of unbranched alkanes of at least 4 members (excludes halogenated alkanes) is 1. The van der Waals surface area contributed by atoms with E-state index >= 15 is 0 Å². The molecule has 0 spiro atoms. The van der Waals surface area contributed by atoms with Crippen molar-refractivity contribution in [3.63, 3.8) is 0 Å². The van der Waals surface area contributed by atoms with Crippen molar-refractivity contribution in [1.82, 2.24) is 0 Å². The minimum absolute atomic E-state index is 0.444. The topological polar surface area (TPSA) is 18.5 Å². The summed E-state index contributed by atoms with van der Waals surface area (Å²) >= 11 is 0. The zero-order chi connectivity index (χ0) is 9.94. The Kier molecular flexibility index (Phi) is 9.87. The van der Waals surface area contributed by atoms with Crippen LogP contribution in [0.2, 0.25) is 0 Å². The SMILES string of the molecule is C=C(CC)[Si]OCCOCCCC. The van der Waals surface area contributed by atoms with Gasteiger partial charge < -0.3 is 9.16 Å². The van der Waals surface area contributed by atoms with Gasteiger partial charge in [0.25, 0.3) is 9.76 Å². The lowest BCUT2D eigenvalue weighted by Gasteiger charge is -2.04. The van der Waals surface area contributed by atoms with Crippen LogP contribution in [0.15, 0.2) is 11.8 Å². The second-order valence-corrected chi connectivity index (χ2v) is 4.07. The molecular weight excluding hydrogens is 180 g/mol. The van der Waals surface area contributed by atoms with Crippen LogP contribution in [0.3, 0.4) is 0 Å². The summed E-state index contributed by atoms with van der Waals surface area (Å²) in [5.74, 6) is 0. The maximum absolute atomic E-state index is 5.37. The van der Waals surface area contributed by atoms with Gasteiger partial charge in [0.1, 0.15) is 0 Å². The first-order valence-electron chi connectivity index (χ1n) is 4.94. The molecule has 0 bridgehead atoms. The fraction of sp³-hybridized carbons (Fsp3) is 0.800. The van der Waals surface area contributed by atoms with Crippen molar-refractivity contribution in [2.45, 2.75) is 33.1 Å². The molecule has 0 aromatic rings. The molecule has 0 aromatic heterocycles. The van der Waals surface area contributed by atoms with Crippen molar-refractivity contribution >= 4 is 9.76 Å². The smallest absolute Gasteiger partial charge is 0.263 e. The van der Waals surface area contributed by atoms with Gasteiger partial charge in [0.15, 0.2) is 0 Å². The Morgan fingerprint density at radius 2 is 2.00 bits per heavy atom. The molecular formula is C10H20O2Si. The molecule has 3 heteroatoms. The lowest BCUT2D eigenvalue weighted by Crippen LogP contribution is -2.09. The second kappa shape index (κ2) is 9.96. The summed E-state index contributed by atoms with van der Waals surface area (Å²) < 4.78 is 10.7. The quantitative estimate of drug-likeness (QED) is 0.420. The Balaban J connectivity index is 2.95. The molecule has 0 saturated carbocycles. The maximum atomic E-state index is 5.37. The Morgan fingerprint density at radius 3 is 2.62 bits per heavy atom. The minimum atomic E-state index is 0.444. The largest absolute Gasteiger partial charge is 0.409 e. The summed E-state index contributed by atoms with van der Waals surface area (Å²) in [4.78, 5) is 0. The van der Waals surface area contributed by atoms with E-state index in [4.69, 9.17) is 9.16 Å². The van der Waals surface area contributed by atoms with Crippen LogP contribution in [0.1, 0.15) is 33.1 Å². The molecule has 0 fully saturated rings. The highest BCUT2D eigenvalue weighted by atomic mass is 28.2. The van der Waals surface area contributed by atoms with E-state index in [1.807, 2.05) is 0 Å². The van der Waals surface area contributed by atoms with Gasteiger partial charge in [0, 0.05) is 6.61 Å². The number of hydrogen-bond donors (Lipinski definition) is 0. The molecule has 2 radical (unpaired) electrons. The average molecular weight is 200 g/mol. The number of allylic oxidation sites excluding steroid dienone is 1. The number of rotatable bonds is 9. The predicted molar refractivity (Wildman–Crippen MR) is 56.9 cm³/mol. The summed E-state index contributed by atoms with van der Waals surface area (Å²) in [5, 5.41) is 1.17. The van der Waals surface area contributed by atoms with Gasteiger partial charge in [0.05, 0.1) is 13.2 Å². The van der Waals surface area contributed by atoms with Gasteiger partial charge >= 0.3 is 0 Å². The fourth-order valence-corrected chi connectivity index (χ4v) is 1.21. The van der Waals surface area contributed by atoms with Crippen LogP contribution in [0, 0.1) is 0 Å². The monoisotopic (exact) mass is 200 g/mol. The standard InChI is InChI=1S/C10H20O2Si/c1-4-6-7-11-8-9-12-13-10(3)5-2/h3-9H2,1-2H3. The van der Waals surface area contributed by atoms with Crippen LogP contribution in [0.4, 0.5) is 0 Å². The molecule has 0 aliphatic heterocycles. The van der Waals surface area contributed by atoms with Gasteiger partial charge in [0.2, 0.25) is 0 Å². The van der Waals surface area contributed by atoms with Gasteiger partial charge in [-0.05, 0) is 12.8 Å². The zero-order valence-electron chi connectivity index (χ0n) is 8.77. The van der Waals surface area contributed by atoms with Crippen molar-refractivity contribution in [1.29, 1.82) is 0 Å². The molecule has 0 saturated heterocycles. The van der Waals surface area contributed by atoms with Gasteiger partial charge in [-0.1, -0.05) is 25.5 Å². The average Bonchev–Trinajstić information content (AvgIpc) is 2.16. The fourth-order valence-electron chi connectivity index (χ4n) is 0.674. The lowest BCUT2D eigenvalue weighted by atomic mass is 10.4. The van der Waals surface area contributed by atoms with Gasteiger partial charge in [-0.15, -0.1) is 6.58 Å². The molecule has 0 aromatic carbocycles.